The standard InChI is InChI=1S/C10H17BrO5/c1-7(8(13)15-5-4-12)6-16-9(14)10(2,3)11/h7,12H,4-6H2,1-3H3. The van der Waals surface area contributed by atoms with Crippen molar-refractivity contribution >= 4 is 27.9 Å². The molecule has 0 saturated carbocycles. The fraction of sp³-hybridized carbons (Fsp3) is 0.800. The fourth-order valence-electron chi connectivity index (χ4n) is 0.729. The van der Waals surface area contributed by atoms with Crippen LogP contribution < -0.4 is 0 Å². The molecule has 0 fully saturated rings. The van der Waals surface area contributed by atoms with Gasteiger partial charge in [-0.1, -0.05) is 15.9 Å². The first-order valence-electron chi connectivity index (χ1n) is 4.92. The van der Waals surface area contributed by atoms with Gasteiger partial charge in [0.2, 0.25) is 0 Å². The predicted octanol–water partition coefficient (Wildman–Crippen LogP) is 0.875. The zero-order chi connectivity index (χ0) is 12.8. The molecule has 1 N–H and O–H groups in total. The molecule has 0 spiro atoms. The first-order valence-corrected chi connectivity index (χ1v) is 5.72. The number of carbonyl (C=O) groups is 2. The summed E-state index contributed by atoms with van der Waals surface area (Å²) in [6, 6.07) is 0. The summed E-state index contributed by atoms with van der Waals surface area (Å²) in [6.45, 7) is 4.62. The van der Waals surface area contributed by atoms with Crippen LogP contribution in [0.4, 0.5) is 0 Å². The van der Waals surface area contributed by atoms with Crippen LogP contribution in [0, 0.1) is 5.92 Å². The summed E-state index contributed by atoms with van der Waals surface area (Å²) in [5.74, 6) is -1.46. The molecule has 0 aromatic rings. The highest BCUT2D eigenvalue weighted by atomic mass is 79.9. The Morgan fingerprint density at radius 2 is 1.94 bits per heavy atom. The van der Waals surface area contributed by atoms with Crippen molar-refractivity contribution in [3.05, 3.63) is 0 Å². The molecular weight excluding hydrogens is 280 g/mol. The van der Waals surface area contributed by atoms with Crippen LogP contribution in [0.3, 0.4) is 0 Å². The average Bonchev–Trinajstić information content (AvgIpc) is 2.20. The van der Waals surface area contributed by atoms with Crippen molar-refractivity contribution in [2.24, 2.45) is 5.92 Å². The number of aliphatic hydroxyl groups excluding tert-OH is 1. The molecule has 16 heavy (non-hydrogen) atoms. The van der Waals surface area contributed by atoms with Gasteiger partial charge in [0.1, 0.15) is 17.5 Å². The monoisotopic (exact) mass is 296 g/mol. The van der Waals surface area contributed by atoms with Gasteiger partial charge in [0, 0.05) is 0 Å². The van der Waals surface area contributed by atoms with Crippen molar-refractivity contribution in [3.63, 3.8) is 0 Å². The number of hydrogen-bond acceptors (Lipinski definition) is 5. The topological polar surface area (TPSA) is 72.8 Å². The Morgan fingerprint density at radius 1 is 1.38 bits per heavy atom. The van der Waals surface area contributed by atoms with Gasteiger partial charge in [0.15, 0.2) is 0 Å². The molecule has 0 amide bonds. The van der Waals surface area contributed by atoms with Crippen molar-refractivity contribution in [1.82, 2.24) is 0 Å². The molecular formula is C10H17BrO5. The number of aliphatic hydroxyl groups is 1. The zero-order valence-corrected chi connectivity index (χ0v) is 11.2. The van der Waals surface area contributed by atoms with Gasteiger partial charge in [-0.3, -0.25) is 9.59 Å². The van der Waals surface area contributed by atoms with Crippen LogP contribution in [0.15, 0.2) is 0 Å². The van der Waals surface area contributed by atoms with E-state index in [-0.39, 0.29) is 19.8 Å². The summed E-state index contributed by atoms with van der Waals surface area (Å²) in [5, 5.41) is 8.45. The summed E-state index contributed by atoms with van der Waals surface area (Å²) in [7, 11) is 0. The molecule has 0 aromatic heterocycles. The van der Waals surface area contributed by atoms with Gasteiger partial charge >= 0.3 is 11.9 Å². The van der Waals surface area contributed by atoms with Crippen molar-refractivity contribution in [2.75, 3.05) is 19.8 Å². The zero-order valence-electron chi connectivity index (χ0n) is 9.66. The van der Waals surface area contributed by atoms with Crippen molar-refractivity contribution < 1.29 is 24.2 Å². The number of esters is 2. The van der Waals surface area contributed by atoms with Crippen LogP contribution in [0.1, 0.15) is 20.8 Å². The average molecular weight is 297 g/mol. The predicted molar refractivity (Wildman–Crippen MR) is 61.2 cm³/mol. The third-order valence-electron chi connectivity index (χ3n) is 1.69. The molecule has 0 heterocycles. The number of carbonyl (C=O) groups excluding carboxylic acids is 2. The first-order chi connectivity index (χ1) is 7.29. The lowest BCUT2D eigenvalue weighted by Crippen LogP contribution is -2.30. The molecule has 0 rings (SSSR count). The molecule has 0 radical (unpaired) electrons. The van der Waals surface area contributed by atoms with Gasteiger partial charge in [-0.25, -0.2) is 0 Å². The Balaban J connectivity index is 3.93. The molecule has 0 aliphatic heterocycles. The highest BCUT2D eigenvalue weighted by Gasteiger charge is 2.27. The largest absolute Gasteiger partial charge is 0.464 e. The van der Waals surface area contributed by atoms with E-state index in [0.29, 0.717) is 0 Å². The van der Waals surface area contributed by atoms with Crippen LogP contribution in [-0.4, -0.2) is 41.2 Å². The van der Waals surface area contributed by atoms with E-state index >= 15 is 0 Å². The normalized spacial score (nSPS) is 13.1. The lowest BCUT2D eigenvalue weighted by molar-refractivity contribution is -0.155. The number of halogens is 1. The number of rotatable bonds is 6. The van der Waals surface area contributed by atoms with Gasteiger partial charge < -0.3 is 14.6 Å². The Kier molecular flexibility index (Phi) is 6.59. The number of hydrogen-bond donors (Lipinski definition) is 1. The van der Waals surface area contributed by atoms with Crippen LogP contribution in [0.5, 0.6) is 0 Å². The maximum Gasteiger partial charge on any atom is 0.322 e. The van der Waals surface area contributed by atoms with Crippen molar-refractivity contribution in [3.8, 4) is 0 Å². The highest BCUT2D eigenvalue weighted by Crippen LogP contribution is 2.18. The smallest absolute Gasteiger partial charge is 0.322 e. The minimum atomic E-state index is -0.762. The van der Waals surface area contributed by atoms with Gasteiger partial charge in [-0.2, -0.15) is 0 Å². The molecule has 0 bridgehead atoms. The van der Waals surface area contributed by atoms with Gasteiger partial charge in [0.25, 0.3) is 0 Å². The Labute approximate surface area is 103 Å². The third kappa shape index (κ3) is 6.07. The highest BCUT2D eigenvalue weighted by molar-refractivity contribution is 9.10. The van der Waals surface area contributed by atoms with E-state index in [1.54, 1.807) is 20.8 Å². The second-order valence-corrected chi connectivity index (χ2v) is 5.85. The maximum atomic E-state index is 11.3. The lowest BCUT2D eigenvalue weighted by atomic mass is 10.2. The van der Waals surface area contributed by atoms with Gasteiger partial charge in [0.05, 0.1) is 12.5 Å². The number of alkyl halides is 1. The summed E-state index contributed by atoms with van der Waals surface area (Å²) in [4.78, 5) is 22.6. The van der Waals surface area contributed by atoms with Crippen LogP contribution in [0.2, 0.25) is 0 Å². The maximum absolute atomic E-state index is 11.3. The Hall–Kier alpha value is -0.620. The quantitative estimate of drug-likeness (QED) is 0.582. The Morgan fingerprint density at radius 3 is 2.38 bits per heavy atom. The molecule has 0 saturated heterocycles. The Bertz CT molecular complexity index is 246. The second-order valence-electron chi connectivity index (χ2n) is 3.86. The fourth-order valence-corrected chi connectivity index (χ4v) is 0.843. The van der Waals surface area contributed by atoms with Crippen LogP contribution >= 0.6 is 15.9 Å². The minimum absolute atomic E-state index is 0.0296. The molecule has 0 aliphatic rings. The SMILES string of the molecule is CC(COC(=O)C(C)(C)Br)C(=O)OCCO. The molecule has 1 atom stereocenters. The summed E-state index contributed by atoms with van der Waals surface area (Å²) < 4.78 is 8.84. The van der Waals surface area contributed by atoms with Crippen molar-refractivity contribution in [1.29, 1.82) is 0 Å². The van der Waals surface area contributed by atoms with E-state index in [9.17, 15) is 9.59 Å². The molecule has 1 unspecified atom stereocenters. The molecule has 0 aliphatic carbocycles. The van der Waals surface area contributed by atoms with E-state index in [1.165, 1.54) is 0 Å². The van der Waals surface area contributed by atoms with Crippen LogP contribution in [-0.2, 0) is 19.1 Å². The van der Waals surface area contributed by atoms with Gasteiger partial charge in [-0.15, -0.1) is 0 Å². The molecule has 5 nitrogen and oxygen atoms in total. The van der Waals surface area contributed by atoms with E-state index in [2.05, 4.69) is 20.7 Å². The third-order valence-corrected chi connectivity index (χ3v) is 2.01. The summed E-state index contributed by atoms with van der Waals surface area (Å²) in [6.07, 6.45) is 0. The van der Waals surface area contributed by atoms with Gasteiger partial charge in [-0.05, 0) is 20.8 Å². The first kappa shape index (κ1) is 15.4. The number of ether oxygens (including phenoxy) is 2. The molecule has 94 valence electrons. The minimum Gasteiger partial charge on any atom is -0.464 e. The van der Waals surface area contributed by atoms with Crippen LogP contribution in [0.25, 0.3) is 0 Å². The molecule has 6 heteroatoms. The summed E-state index contributed by atoms with van der Waals surface area (Å²) >= 11 is 3.15. The van der Waals surface area contributed by atoms with E-state index < -0.39 is 22.2 Å². The van der Waals surface area contributed by atoms with E-state index in [4.69, 9.17) is 9.84 Å². The van der Waals surface area contributed by atoms with E-state index in [1.807, 2.05) is 0 Å². The van der Waals surface area contributed by atoms with Crippen molar-refractivity contribution in [2.45, 2.75) is 25.1 Å². The molecule has 0 aromatic carbocycles. The summed E-state index contributed by atoms with van der Waals surface area (Å²) in [5.41, 5.74) is 0. The second kappa shape index (κ2) is 6.85. The van der Waals surface area contributed by atoms with E-state index in [0.717, 1.165) is 0 Å². The lowest BCUT2D eigenvalue weighted by Gasteiger charge is -2.17.